The molecule has 0 aliphatic carbocycles. The van der Waals surface area contributed by atoms with Crippen molar-refractivity contribution in [1.29, 1.82) is 0 Å². The lowest BCUT2D eigenvalue weighted by Gasteiger charge is -2.28. The summed E-state index contributed by atoms with van der Waals surface area (Å²) >= 11 is 0. The van der Waals surface area contributed by atoms with Gasteiger partial charge in [0.2, 0.25) is 29.5 Å². The Balaban J connectivity index is 1.76. The number of amides is 5. The van der Waals surface area contributed by atoms with E-state index in [1.807, 2.05) is 41.9 Å². The van der Waals surface area contributed by atoms with E-state index in [1.165, 1.54) is 23.6 Å². The highest BCUT2D eigenvalue weighted by Crippen LogP contribution is 2.38. The van der Waals surface area contributed by atoms with Gasteiger partial charge in [0.15, 0.2) is 6.04 Å². The predicted molar refractivity (Wildman–Crippen MR) is 219 cm³/mol. The molecular formula is C40H62N7O12P. The number of carbonyl (C=O) groups is 6. The lowest BCUT2D eigenvalue weighted by atomic mass is 10.0. The van der Waals surface area contributed by atoms with Gasteiger partial charge in [-0.1, -0.05) is 69.9 Å². The fraction of sp³-hybridized carbons (Fsp3) is 0.625. The second-order valence-corrected chi connectivity index (χ2v) is 16.8. The van der Waals surface area contributed by atoms with Crippen LogP contribution in [0.15, 0.2) is 42.9 Å². The molecule has 334 valence electrons. The molecule has 0 saturated carbocycles. The topological polar surface area (TPSA) is 279 Å². The number of carboxylic acids is 1. The first-order chi connectivity index (χ1) is 28.4. The maximum Gasteiger partial charge on any atom is 0.469 e. The molecule has 0 unspecified atom stereocenters. The summed E-state index contributed by atoms with van der Waals surface area (Å²) in [4.78, 5) is 103. The lowest BCUT2D eigenvalue weighted by Crippen LogP contribution is -2.60. The van der Waals surface area contributed by atoms with E-state index in [2.05, 4.69) is 37.6 Å². The number of nitrogens with zero attached hydrogens (tertiary/aromatic N) is 3. The fourth-order valence-corrected chi connectivity index (χ4v) is 7.69. The number of phosphoric ester groups is 1. The predicted octanol–water partition coefficient (Wildman–Crippen LogP) is 1.58. The average Bonchev–Trinajstić information content (AvgIpc) is 3.86. The highest BCUT2D eigenvalue weighted by Gasteiger charge is 2.37. The number of carboxylic acid groups (broad SMARTS) is 1. The van der Waals surface area contributed by atoms with Gasteiger partial charge in [-0.3, -0.25) is 28.5 Å². The Hall–Kier alpha value is -4.68. The van der Waals surface area contributed by atoms with E-state index in [0.717, 1.165) is 51.9 Å². The quantitative estimate of drug-likeness (QED) is 0.0494. The number of hydrogen-bond donors (Lipinski definition) is 8. The zero-order valence-corrected chi connectivity index (χ0v) is 35.7. The summed E-state index contributed by atoms with van der Waals surface area (Å²) in [5, 5.41) is 29.6. The van der Waals surface area contributed by atoms with E-state index >= 15 is 0 Å². The molecule has 2 heterocycles. The summed E-state index contributed by atoms with van der Waals surface area (Å²) < 4.78 is 17.6. The number of aromatic nitrogens is 2. The number of aryl methyl sites for hydroxylation is 2. The van der Waals surface area contributed by atoms with Crippen molar-refractivity contribution in [2.24, 2.45) is 5.92 Å². The summed E-state index contributed by atoms with van der Waals surface area (Å²) in [5.74, 6) is -5.47. The van der Waals surface area contributed by atoms with Crippen molar-refractivity contribution in [3.8, 4) is 0 Å². The van der Waals surface area contributed by atoms with Gasteiger partial charge in [0.1, 0.15) is 24.2 Å². The summed E-state index contributed by atoms with van der Waals surface area (Å²) in [5.41, 5.74) is 1.88. The number of hydrogen-bond acceptors (Lipinski definition) is 10. The van der Waals surface area contributed by atoms with E-state index in [1.54, 1.807) is 6.33 Å². The molecule has 1 saturated heterocycles. The van der Waals surface area contributed by atoms with E-state index in [4.69, 9.17) is 9.79 Å². The molecule has 8 N–H and O–H groups in total. The standard InChI is InChI=1S/C40H62N7O12P/c1-26(2)21-31(43-39(53)34-18-14-20-47(34)28(4)49)36(50)42-32(37(51)44-33(24-48)38(52)45-35(40(54)55)27(3)59-60(56,57)58)22-30-23-41-25-46(30)19-13-8-6-5-7-10-15-29-16-11-9-12-17-29/h9,11-12,16-17,23,25-27,31-35,48H,5-8,10,13-15,18-22,24H2,1-4H3,(H,42,50)(H,43,53)(H,44,51)(H,45,52)(H,54,55)(H2,56,57,58)/t27-,31-,32-,33-,34-,35-/m0/s1. The van der Waals surface area contributed by atoms with E-state index in [9.17, 15) is 43.5 Å². The van der Waals surface area contributed by atoms with Crippen LogP contribution in [0.25, 0.3) is 0 Å². The number of likely N-dealkylation sites (tertiary alicyclic amines) is 1. The van der Waals surface area contributed by atoms with Crippen molar-refractivity contribution < 1.29 is 57.9 Å². The van der Waals surface area contributed by atoms with Crippen LogP contribution in [0.2, 0.25) is 0 Å². The molecule has 2 aromatic rings. The number of aliphatic hydroxyl groups excluding tert-OH is 1. The van der Waals surface area contributed by atoms with Crippen molar-refractivity contribution in [1.82, 2.24) is 35.7 Å². The van der Waals surface area contributed by atoms with Gasteiger partial charge in [-0.25, -0.2) is 14.3 Å². The average molecular weight is 864 g/mol. The van der Waals surface area contributed by atoms with Gasteiger partial charge >= 0.3 is 13.8 Å². The number of phosphoric acid groups is 1. The summed E-state index contributed by atoms with van der Waals surface area (Å²) in [6.07, 6.45) is 9.62. The zero-order valence-electron chi connectivity index (χ0n) is 34.8. The first-order valence-electron chi connectivity index (χ1n) is 20.5. The highest BCUT2D eigenvalue weighted by atomic mass is 31.2. The van der Waals surface area contributed by atoms with Gasteiger partial charge in [-0.2, -0.15) is 0 Å². The Labute approximate surface area is 350 Å². The van der Waals surface area contributed by atoms with Crippen LogP contribution in [0.1, 0.15) is 96.7 Å². The molecule has 0 spiro atoms. The minimum absolute atomic E-state index is 0.0901. The van der Waals surface area contributed by atoms with Crippen LogP contribution < -0.4 is 21.3 Å². The number of rotatable bonds is 26. The molecule has 0 bridgehead atoms. The normalized spacial score (nSPS) is 16.7. The van der Waals surface area contributed by atoms with Gasteiger partial charge in [0.25, 0.3) is 0 Å². The molecule has 1 aromatic heterocycles. The molecule has 3 rings (SSSR count). The second-order valence-electron chi connectivity index (χ2n) is 15.6. The van der Waals surface area contributed by atoms with Crippen LogP contribution in [0.5, 0.6) is 0 Å². The molecule has 19 nitrogen and oxygen atoms in total. The van der Waals surface area contributed by atoms with Gasteiger partial charge in [0.05, 0.1) is 19.0 Å². The van der Waals surface area contributed by atoms with Crippen molar-refractivity contribution in [3.63, 3.8) is 0 Å². The number of carbonyl (C=O) groups excluding carboxylic acids is 5. The summed E-state index contributed by atoms with van der Waals surface area (Å²) in [6.45, 7) is 6.00. The van der Waals surface area contributed by atoms with Gasteiger partial charge in [-0.15, -0.1) is 0 Å². The molecule has 60 heavy (non-hydrogen) atoms. The Morgan fingerprint density at radius 2 is 1.48 bits per heavy atom. The molecular weight excluding hydrogens is 801 g/mol. The van der Waals surface area contributed by atoms with Crippen LogP contribution in [-0.4, -0.2) is 119 Å². The molecule has 1 aliphatic rings. The van der Waals surface area contributed by atoms with Crippen LogP contribution >= 0.6 is 7.82 Å². The Kier molecular flexibility index (Phi) is 20.3. The Bertz CT molecular complexity index is 1770. The number of aliphatic hydroxyl groups is 1. The molecule has 0 radical (unpaired) electrons. The molecule has 6 atom stereocenters. The first-order valence-corrected chi connectivity index (χ1v) is 22.0. The number of unbranched alkanes of at least 4 members (excludes halogenated alkanes) is 5. The molecule has 1 fully saturated rings. The van der Waals surface area contributed by atoms with Crippen molar-refractivity contribution in [2.75, 3.05) is 13.2 Å². The fourth-order valence-electron chi connectivity index (χ4n) is 7.14. The van der Waals surface area contributed by atoms with Gasteiger partial charge < -0.3 is 50.7 Å². The summed E-state index contributed by atoms with van der Waals surface area (Å²) in [6, 6.07) is 3.28. The third-order valence-corrected chi connectivity index (χ3v) is 10.9. The molecule has 5 amide bonds. The van der Waals surface area contributed by atoms with Crippen LogP contribution in [0.4, 0.5) is 0 Å². The number of benzene rings is 1. The van der Waals surface area contributed by atoms with Crippen LogP contribution in [0, 0.1) is 5.92 Å². The first kappa shape index (κ1) is 49.7. The summed E-state index contributed by atoms with van der Waals surface area (Å²) in [7, 11) is -5.16. The smallest absolute Gasteiger partial charge is 0.469 e. The number of aliphatic carboxylic acids is 1. The molecule has 20 heteroatoms. The molecule has 1 aliphatic heterocycles. The lowest BCUT2D eigenvalue weighted by molar-refractivity contribution is -0.145. The van der Waals surface area contributed by atoms with Crippen molar-refractivity contribution in [3.05, 3.63) is 54.1 Å². The second kappa shape index (κ2) is 24.5. The molecule has 1 aromatic carbocycles. The number of imidazole rings is 1. The third-order valence-electron chi connectivity index (χ3n) is 10.3. The van der Waals surface area contributed by atoms with Crippen LogP contribution in [-0.2, 0) is 57.2 Å². The number of nitrogens with one attached hydrogen (secondary N) is 4. The zero-order chi connectivity index (χ0) is 44.4. The van der Waals surface area contributed by atoms with Crippen LogP contribution in [0.3, 0.4) is 0 Å². The highest BCUT2D eigenvalue weighted by molar-refractivity contribution is 7.46. The van der Waals surface area contributed by atoms with E-state index < -0.39 is 80.3 Å². The third kappa shape index (κ3) is 16.8. The SMILES string of the molecule is CC(=O)N1CCC[C@H]1C(=O)N[C@@H](CC(C)C)C(=O)N[C@@H](Cc1cncn1CCCCCCCCc1ccccc1)C(=O)N[C@@H](CO)C(=O)N[C@H](C(=O)O)[C@H](C)OP(=O)(O)O. The maximum atomic E-state index is 14.0. The minimum atomic E-state index is -5.16. The maximum absolute atomic E-state index is 14.0. The minimum Gasteiger partial charge on any atom is -0.480 e. The van der Waals surface area contributed by atoms with E-state index in [0.29, 0.717) is 31.6 Å². The largest absolute Gasteiger partial charge is 0.480 e. The van der Waals surface area contributed by atoms with E-state index in [-0.39, 0.29) is 24.7 Å². The van der Waals surface area contributed by atoms with Crippen molar-refractivity contribution in [2.45, 2.75) is 141 Å². The van der Waals surface area contributed by atoms with Gasteiger partial charge in [0, 0.05) is 38.3 Å². The Morgan fingerprint density at radius 1 is 0.867 bits per heavy atom. The van der Waals surface area contributed by atoms with Gasteiger partial charge in [-0.05, 0) is 56.9 Å². The monoisotopic (exact) mass is 863 g/mol. The Morgan fingerprint density at radius 3 is 2.10 bits per heavy atom. The van der Waals surface area contributed by atoms with Crippen molar-refractivity contribution >= 4 is 43.3 Å².